The van der Waals surface area contributed by atoms with Crippen molar-refractivity contribution < 1.29 is 0 Å². The van der Waals surface area contributed by atoms with Crippen molar-refractivity contribution in [1.82, 2.24) is 9.13 Å². The van der Waals surface area contributed by atoms with Gasteiger partial charge in [0, 0.05) is 13.1 Å². The number of aromatic nitrogens is 2. The van der Waals surface area contributed by atoms with Crippen LogP contribution in [0.4, 0.5) is 0 Å². The monoisotopic (exact) mass is 216 g/mol. The lowest BCUT2D eigenvalue weighted by molar-refractivity contribution is 0.690. The van der Waals surface area contributed by atoms with Crippen molar-refractivity contribution in [3.63, 3.8) is 0 Å². The van der Waals surface area contributed by atoms with Gasteiger partial charge in [-0.3, -0.25) is 9.13 Å². The van der Waals surface area contributed by atoms with Gasteiger partial charge in [0.25, 0.3) is 0 Å². The highest BCUT2D eigenvalue weighted by atomic mass is 16.1. The quantitative estimate of drug-likeness (QED) is 0.724. The molecule has 1 aromatic heterocycles. The van der Waals surface area contributed by atoms with Gasteiger partial charge in [-0.2, -0.15) is 0 Å². The summed E-state index contributed by atoms with van der Waals surface area (Å²) in [6, 6.07) is 7.92. The van der Waals surface area contributed by atoms with Gasteiger partial charge < -0.3 is 0 Å². The van der Waals surface area contributed by atoms with Gasteiger partial charge in [-0.05, 0) is 26.0 Å². The Morgan fingerprint density at radius 2 is 1.81 bits per heavy atom. The van der Waals surface area contributed by atoms with Crippen molar-refractivity contribution in [1.29, 1.82) is 0 Å². The second-order valence-corrected chi connectivity index (χ2v) is 3.70. The molecule has 0 bridgehead atoms. The topological polar surface area (TPSA) is 26.9 Å². The first kappa shape index (κ1) is 10.7. The van der Waals surface area contributed by atoms with E-state index in [2.05, 4.69) is 0 Å². The Balaban J connectivity index is 2.72. The molecule has 0 fully saturated rings. The third-order valence-corrected chi connectivity index (χ3v) is 2.77. The number of fused-ring (bicyclic) bond motifs is 1. The highest BCUT2D eigenvalue weighted by Crippen LogP contribution is 2.12. The molecule has 84 valence electrons. The van der Waals surface area contributed by atoms with Crippen molar-refractivity contribution >= 4 is 11.0 Å². The van der Waals surface area contributed by atoms with Crippen LogP contribution in [0, 0.1) is 0 Å². The Morgan fingerprint density at radius 1 is 1.19 bits per heavy atom. The number of imidazole rings is 1. The molecule has 0 aliphatic heterocycles. The fourth-order valence-electron chi connectivity index (χ4n) is 1.97. The molecular weight excluding hydrogens is 200 g/mol. The molecule has 3 heteroatoms. The Labute approximate surface area is 94.6 Å². The van der Waals surface area contributed by atoms with E-state index in [0.717, 1.165) is 11.0 Å². The molecule has 0 unspecified atom stereocenters. The predicted octanol–water partition coefficient (Wildman–Crippen LogP) is 2.40. The third kappa shape index (κ3) is 1.58. The normalized spacial score (nSPS) is 11.6. The Bertz CT molecular complexity index is 575. The second-order valence-electron chi connectivity index (χ2n) is 3.70. The summed E-state index contributed by atoms with van der Waals surface area (Å²) in [5.41, 5.74) is 2.09. The van der Waals surface area contributed by atoms with E-state index in [0.29, 0.717) is 13.1 Å². The number of nitrogens with zero attached hydrogens (tertiary/aromatic N) is 2. The fraction of sp³-hybridized carbons (Fsp3) is 0.308. The van der Waals surface area contributed by atoms with E-state index in [1.54, 1.807) is 9.13 Å². The van der Waals surface area contributed by atoms with Crippen LogP contribution < -0.4 is 5.69 Å². The molecule has 0 N–H and O–H groups in total. The first-order valence-electron chi connectivity index (χ1n) is 5.58. The molecule has 1 aromatic carbocycles. The minimum absolute atomic E-state index is 0.0711. The van der Waals surface area contributed by atoms with E-state index < -0.39 is 0 Å². The van der Waals surface area contributed by atoms with Crippen LogP contribution in [0.5, 0.6) is 0 Å². The number of rotatable bonds is 3. The van der Waals surface area contributed by atoms with Gasteiger partial charge >= 0.3 is 5.69 Å². The maximum Gasteiger partial charge on any atom is 0.329 e. The molecule has 0 atom stereocenters. The van der Waals surface area contributed by atoms with Crippen LogP contribution in [0.15, 0.2) is 41.2 Å². The van der Waals surface area contributed by atoms with Gasteiger partial charge in [-0.1, -0.05) is 24.3 Å². The number of hydrogen-bond donors (Lipinski definition) is 0. The summed E-state index contributed by atoms with van der Waals surface area (Å²) in [6.07, 6.45) is 3.96. The lowest BCUT2D eigenvalue weighted by atomic mass is 10.3. The summed E-state index contributed by atoms with van der Waals surface area (Å²) in [7, 11) is 0. The van der Waals surface area contributed by atoms with E-state index in [1.807, 2.05) is 50.3 Å². The molecule has 0 amide bonds. The molecule has 0 spiro atoms. The van der Waals surface area contributed by atoms with Crippen LogP contribution in [-0.2, 0) is 13.1 Å². The highest BCUT2D eigenvalue weighted by Gasteiger charge is 2.09. The van der Waals surface area contributed by atoms with Crippen molar-refractivity contribution in [2.45, 2.75) is 26.9 Å². The second kappa shape index (κ2) is 4.39. The summed E-state index contributed by atoms with van der Waals surface area (Å²) >= 11 is 0. The van der Waals surface area contributed by atoms with Crippen LogP contribution in [0.3, 0.4) is 0 Å². The molecule has 3 nitrogen and oxygen atoms in total. The zero-order valence-electron chi connectivity index (χ0n) is 9.68. The predicted molar refractivity (Wildman–Crippen MR) is 66.7 cm³/mol. The number of hydrogen-bond acceptors (Lipinski definition) is 1. The molecular formula is C13H16N2O. The van der Waals surface area contributed by atoms with E-state index in [9.17, 15) is 4.79 Å². The van der Waals surface area contributed by atoms with Crippen LogP contribution in [-0.4, -0.2) is 9.13 Å². The smallest absolute Gasteiger partial charge is 0.292 e. The summed E-state index contributed by atoms with van der Waals surface area (Å²) in [5, 5.41) is 0. The van der Waals surface area contributed by atoms with Crippen molar-refractivity contribution in [2.75, 3.05) is 0 Å². The molecule has 16 heavy (non-hydrogen) atoms. The van der Waals surface area contributed by atoms with Crippen LogP contribution in [0.25, 0.3) is 11.0 Å². The summed E-state index contributed by atoms with van der Waals surface area (Å²) in [6.45, 7) is 5.31. The third-order valence-electron chi connectivity index (χ3n) is 2.77. The van der Waals surface area contributed by atoms with Crippen LogP contribution >= 0.6 is 0 Å². The van der Waals surface area contributed by atoms with Crippen molar-refractivity contribution in [3.05, 3.63) is 46.9 Å². The minimum atomic E-state index is 0.0711. The summed E-state index contributed by atoms with van der Waals surface area (Å²) in [5.74, 6) is 0. The zero-order chi connectivity index (χ0) is 11.5. The molecule has 2 rings (SSSR count). The molecule has 0 aliphatic carbocycles. The van der Waals surface area contributed by atoms with Gasteiger partial charge in [0.15, 0.2) is 0 Å². The van der Waals surface area contributed by atoms with E-state index in [1.165, 1.54) is 0 Å². The van der Waals surface area contributed by atoms with Gasteiger partial charge in [0.2, 0.25) is 0 Å². The highest BCUT2D eigenvalue weighted by molar-refractivity contribution is 5.76. The standard InChI is InChI=1S/C13H16N2O/c1-3-5-10-15-12-9-7-6-8-11(12)14(4-2)13(15)16/h3,5-9H,4,10H2,1-2H3/b5-3+. The van der Waals surface area contributed by atoms with Crippen LogP contribution in [0.2, 0.25) is 0 Å². The molecule has 0 saturated heterocycles. The maximum absolute atomic E-state index is 12.1. The lowest BCUT2D eigenvalue weighted by Gasteiger charge is -1.96. The Hall–Kier alpha value is -1.77. The van der Waals surface area contributed by atoms with Crippen LogP contribution in [0.1, 0.15) is 13.8 Å². The number of allylic oxidation sites excluding steroid dienone is 2. The molecule has 0 saturated carbocycles. The summed E-state index contributed by atoms with van der Waals surface area (Å²) < 4.78 is 3.61. The van der Waals surface area contributed by atoms with Crippen molar-refractivity contribution in [3.8, 4) is 0 Å². The fourth-order valence-corrected chi connectivity index (χ4v) is 1.97. The maximum atomic E-state index is 12.1. The molecule has 1 heterocycles. The first-order chi connectivity index (χ1) is 7.79. The average Bonchev–Trinajstić information content (AvgIpc) is 2.58. The van der Waals surface area contributed by atoms with E-state index in [-0.39, 0.29) is 5.69 Å². The van der Waals surface area contributed by atoms with Gasteiger partial charge in [-0.25, -0.2) is 4.79 Å². The van der Waals surface area contributed by atoms with E-state index in [4.69, 9.17) is 0 Å². The number of para-hydroxylation sites is 2. The molecule has 0 aliphatic rings. The Kier molecular flexibility index (Phi) is 2.95. The number of aryl methyl sites for hydroxylation is 1. The largest absolute Gasteiger partial charge is 0.329 e. The van der Waals surface area contributed by atoms with Gasteiger partial charge in [0.05, 0.1) is 11.0 Å². The summed E-state index contributed by atoms with van der Waals surface area (Å²) in [4.78, 5) is 12.1. The zero-order valence-corrected chi connectivity index (χ0v) is 9.68. The van der Waals surface area contributed by atoms with E-state index >= 15 is 0 Å². The minimum Gasteiger partial charge on any atom is -0.292 e. The number of benzene rings is 1. The van der Waals surface area contributed by atoms with Gasteiger partial charge in [0.1, 0.15) is 0 Å². The average molecular weight is 216 g/mol. The SMILES string of the molecule is C/C=C/Cn1c(=O)n(CC)c2ccccc21. The Morgan fingerprint density at radius 3 is 2.38 bits per heavy atom. The molecule has 2 aromatic rings. The van der Waals surface area contributed by atoms with Crippen molar-refractivity contribution in [2.24, 2.45) is 0 Å². The lowest BCUT2D eigenvalue weighted by Crippen LogP contribution is -2.23. The van der Waals surface area contributed by atoms with Gasteiger partial charge in [-0.15, -0.1) is 0 Å². The first-order valence-corrected chi connectivity index (χ1v) is 5.58. The molecule has 0 radical (unpaired) electrons.